The van der Waals surface area contributed by atoms with Gasteiger partial charge >= 0.3 is 0 Å². The normalized spacial score (nSPS) is 11.7. The van der Waals surface area contributed by atoms with E-state index >= 15 is 0 Å². The minimum absolute atomic E-state index is 0.178. The maximum Gasteiger partial charge on any atom is 0.252 e. The molecule has 0 saturated carbocycles. The van der Waals surface area contributed by atoms with Gasteiger partial charge in [-0.1, -0.05) is 0 Å². The van der Waals surface area contributed by atoms with Crippen LogP contribution in [0.1, 0.15) is 36.3 Å². The summed E-state index contributed by atoms with van der Waals surface area (Å²) >= 11 is 0. The average molecular weight is 371 g/mol. The molecule has 0 saturated heterocycles. The van der Waals surface area contributed by atoms with Gasteiger partial charge in [0.1, 0.15) is 11.6 Å². The molecule has 27 heavy (non-hydrogen) atoms. The molecule has 0 atom stereocenters. The van der Waals surface area contributed by atoms with Crippen LogP contribution in [0, 0.1) is 12.7 Å². The molecule has 0 aliphatic heterocycles. The van der Waals surface area contributed by atoms with Crippen molar-refractivity contribution in [3.63, 3.8) is 0 Å². The molecule has 2 heterocycles. The highest BCUT2D eigenvalue weighted by Gasteiger charge is 2.24. The number of carbonyl (C=O) groups excluding carboxylic acids is 1. The van der Waals surface area contributed by atoms with E-state index in [0.717, 1.165) is 6.07 Å². The van der Waals surface area contributed by atoms with E-state index in [2.05, 4.69) is 20.5 Å². The number of hydrogen-bond donors (Lipinski definition) is 4. The van der Waals surface area contributed by atoms with Gasteiger partial charge in [-0.05, 0) is 51.9 Å². The van der Waals surface area contributed by atoms with E-state index in [0.29, 0.717) is 35.3 Å². The highest BCUT2D eigenvalue weighted by atomic mass is 19.1. The van der Waals surface area contributed by atoms with Crippen molar-refractivity contribution in [1.82, 2.24) is 20.5 Å². The standard InChI is InChI=1S/C19H22FN5O2/c1-10-16-13(18(27)23-19(2,3)6-7-21)9-15(22-17(16)25-24-10)12-5-4-11(26)8-14(12)20/h4-5,8-9,26H,6-7,21H2,1-3H3,(H,23,27)(H,22,24,25). The molecule has 0 aliphatic carbocycles. The molecule has 2 aromatic heterocycles. The Morgan fingerprint density at radius 1 is 1.37 bits per heavy atom. The summed E-state index contributed by atoms with van der Waals surface area (Å²) in [6.45, 7) is 5.98. The smallest absolute Gasteiger partial charge is 0.252 e. The van der Waals surface area contributed by atoms with Gasteiger partial charge in [-0.25, -0.2) is 9.37 Å². The fraction of sp³-hybridized carbons (Fsp3) is 0.316. The minimum atomic E-state index is -0.632. The molecule has 1 amide bonds. The summed E-state index contributed by atoms with van der Waals surface area (Å²) in [6, 6.07) is 5.33. The van der Waals surface area contributed by atoms with Gasteiger partial charge in [-0.2, -0.15) is 5.10 Å². The Bertz CT molecular complexity index is 1010. The fourth-order valence-electron chi connectivity index (χ4n) is 3.01. The lowest BCUT2D eigenvalue weighted by Crippen LogP contribution is -2.44. The number of hydrogen-bond acceptors (Lipinski definition) is 5. The second-order valence-corrected chi connectivity index (χ2v) is 7.13. The number of benzene rings is 1. The summed E-state index contributed by atoms with van der Waals surface area (Å²) in [5, 5.41) is 19.9. The van der Waals surface area contributed by atoms with Crippen LogP contribution in [0.25, 0.3) is 22.3 Å². The topological polar surface area (TPSA) is 117 Å². The Morgan fingerprint density at radius 3 is 2.78 bits per heavy atom. The first-order chi connectivity index (χ1) is 12.7. The van der Waals surface area contributed by atoms with Crippen LogP contribution in [-0.4, -0.2) is 38.3 Å². The molecule has 0 radical (unpaired) electrons. The summed E-state index contributed by atoms with van der Waals surface area (Å²) in [7, 11) is 0. The third-order valence-corrected chi connectivity index (χ3v) is 4.41. The van der Waals surface area contributed by atoms with Crippen molar-refractivity contribution in [2.24, 2.45) is 5.73 Å². The molecular weight excluding hydrogens is 349 g/mol. The number of nitrogens with zero attached hydrogens (tertiary/aromatic N) is 2. The zero-order valence-corrected chi connectivity index (χ0v) is 15.4. The monoisotopic (exact) mass is 371 g/mol. The van der Waals surface area contributed by atoms with Crippen LogP contribution >= 0.6 is 0 Å². The zero-order valence-electron chi connectivity index (χ0n) is 15.4. The Morgan fingerprint density at radius 2 is 2.11 bits per heavy atom. The van der Waals surface area contributed by atoms with Crippen LogP contribution in [0.4, 0.5) is 4.39 Å². The minimum Gasteiger partial charge on any atom is -0.508 e. The molecule has 7 nitrogen and oxygen atoms in total. The van der Waals surface area contributed by atoms with E-state index in [-0.39, 0.29) is 22.9 Å². The summed E-state index contributed by atoms with van der Waals surface area (Å²) in [6.07, 6.45) is 0.608. The Balaban J connectivity index is 2.13. The van der Waals surface area contributed by atoms with Crippen LogP contribution < -0.4 is 11.1 Å². The van der Waals surface area contributed by atoms with Gasteiger partial charge in [0, 0.05) is 17.2 Å². The van der Waals surface area contributed by atoms with Gasteiger partial charge < -0.3 is 16.2 Å². The van der Waals surface area contributed by atoms with Crippen molar-refractivity contribution in [2.45, 2.75) is 32.7 Å². The van der Waals surface area contributed by atoms with E-state index in [9.17, 15) is 14.3 Å². The van der Waals surface area contributed by atoms with Gasteiger partial charge in [-0.3, -0.25) is 9.89 Å². The summed E-state index contributed by atoms with van der Waals surface area (Å²) in [5.74, 6) is -1.13. The molecule has 0 spiro atoms. The third kappa shape index (κ3) is 3.75. The first-order valence-corrected chi connectivity index (χ1v) is 8.59. The lowest BCUT2D eigenvalue weighted by atomic mass is 9.99. The van der Waals surface area contributed by atoms with Crippen LogP contribution in [0.15, 0.2) is 24.3 Å². The molecule has 0 unspecified atom stereocenters. The van der Waals surface area contributed by atoms with Gasteiger partial charge in [0.05, 0.1) is 22.3 Å². The largest absolute Gasteiger partial charge is 0.508 e. The number of fused-ring (bicyclic) bond motifs is 1. The fourth-order valence-corrected chi connectivity index (χ4v) is 3.01. The summed E-state index contributed by atoms with van der Waals surface area (Å²) in [4.78, 5) is 17.4. The Labute approximate surface area is 155 Å². The van der Waals surface area contributed by atoms with Crippen LogP contribution in [0.2, 0.25) is 0 Å². The van der Waals surface area contributed by atoms with Crippen LogP contribution in [0.5, 0.6) is 5.75 Å². The SMILES string of the molecule is Cc1n[nH]c2nc(-c3ccc(O)cc3F)cc(C(=O)NC(C)(C)CCN)c12. The van der Waals surface area contributed by atoms with E-state index in [4.69, 9.17) is 5.73 Å². The van der Waals surface area contributed by atoms with Crippen molar-refractivity contribution in [3.05, 3.63) is 41.3 Å². The molecular formula is C19H22FN5O2. The Kier molecular flexibility index (Phi) is 4.84. The molecule has 5 N–H and O–H groups in total. The molecule has 0 bridgehead atoms. The number of aromatic hydroxyl groups is 1. The second kappa shape index (κ2) is 6.96. The quantitative estimate of drug-likeness (QED) is 0.550. The van der Waals surface area contributed by atoms with E-state index < -0.39 is 11.4 Å². The highest BCUT2D eigenvalue weighted by Crippen LogP contribution is 2.29. The van der Waals surface area contributed by atoms with Crippen LogP contribution in [-0.2, 0) is 0 Å². The zero-order chi connectivity index (χ0) is 19.8. The highest BCUT2D eigenvalue weighted by molar-refractivity contribution is 6.07. The number of phenolic OH excluding ortho intramolecular Hbond substituents is 1. The van der Waals surface area contributed by atoms with Crippen LogP contribution in [0.3, 0.4) is 0 Å². The van der Waals surface area contributed by atoms with E-state index in [1.54, 1.807) is 6.92 Å². The van der Waals surface area contributed by atoms with Gasteiger partial charge in [0.25, 0.3) is 5.91 Å². The van der Waals surface area contributed by atoms with Gasteiger partial charge in [-0.15, -0.1) is 0 Å². The lowest BCUT2D eigenvalue weighted by molar-refractivity contribution is 0.0912. The van der Waals surface area contributed by atoms with E-state index in [1.165, 1.54) is 18.2 Å². The third-order valence-electron chi connectivity index (χ3n) is 4.41. The number of halogens is 1. The number of aromatic amines is 1. The van der Waals surface area contributed by atoms with Gasteiger partial charge in [0.2, 0.25) is 0 Å². The van der Waals surface area contributed by atoms with Crippen molar-refractivity contribution >= 4 is 16.9 Å². The maximum atomic E-state index is 14.3. The molecule has 3 aromatic rings. The summed E-state index contributed by atoms with van der Waals surface area (Å²) in [5.41, 5.74) is 6.92. The Hall–Kier alpha value is -3.00. The lowest BCUT2D eigenvalue weighted by Gasteiger charge is -2.26. The number of H-pyrrole nitrogens is 1. The van der Waals surface area contributed by atoms with E-state index in [1.807, 2.05) is 13.8 Å². The molecule has 0 aliphatic rings. The number of pyridine rings is 1. The number of carbonyl (C=O) groups is 1. The van der Waals surface area contributed by atoms with Crippen molar-refractivity contribution < 1.29 is 14.3 Å². The first-order valence-electron chi connectivity index (χ1n) is 8.59. The number of nitrogens with two attached hydrogens (primary N) is 1. The molecule has 3 rings (SSSR count). The van der Waals surface area contributed by atoms with Gasteiger partial charge in [0.15, 0.2) is 5.65 Å². The van der Waals surface area contributed by atoms with Crippen molar-refractivity contribution in [3.8, 4) is 17.0 Å². The second-order valence-electron chi connectivity index (χ2n) is 7.13. The van der Waals surface area contributed by atoms with Crippen molar-refractivity contribution in [1.29, 1.82) is 0 Å². The number of nitrogens with one attached hydrogen (secondary N) is 2. The predicted octanol–water partition coefficient (Wildman–Crippen LogP) is 2.64. The molecule has 8 heteroatoms. The number of phenols is 1. The summed E-state index contributed by atoms with van der Waals surface area (Å²) < 4.78 is 14.3. The number of rotatable bonds is 5. The predicted molar refractivity (Wildman–Crippen MR) is 101 cm³/mol. The number of aryl methyl sites for hydroxylation is 1. The number of amides is 1. The maximum absolute atomic E-state index is 14.3. The average Bonchev–Trinajstić information content (AvgIpc) is 2.94. The molecule has 1 aromatic carbocycles. The molecule has 142 valence electrons. The molecule has 0 fully saturated rings. The number of aromatic nitrogens is 3. The first kappa shape index (κ1) is 18.8. The van der Waals surface area contributed by atoms with Crippen molar-refractivity contribution in [2.75, 3.05) is 6.54 Å².